The molecule has 19 nitrogen and oxygen atoms in total. The number of hydrogen-bond donors (Lipinski definition) is 2. The van der Waals surface area contributed by atoms with Gasteiger partial charge in [0.15, 0.2) is 37.2 Å². The molecule has 10 aliphatic rings. The Labute approximate surface area is 438 Å². The molecule has 0 amide bonds. The van der Waals surface area contributed by atoms with Crippen molar-refractivity contribution in [2.75, 3.05) is 28.4 Å². The van der Waals surface area contributed by atoms with Crippen LogP contribution in [0.1, 0.15) is 139 Å². The summed E-state index contributed by atoms with van der Waals surface area (Å²) in [5.41, 5.74) is -0.446. The predicted molar refractivity (Wildman–Crippen MR) is 261 cm³/mol. The monoisotopic (exact) mass is 1050 g/mol. The molecule has 10 fully saturated rings. The largest absolute Gasteiger partial charge is 0.390 e. The quantitative estimate of drug-likeness (QED) is 0.207. The molecular weight excluding hydrogens is 965 g/mol. The van der Waals surface area contributed by atoms with Crippen LogP contribution in [0.3, 0.4) is 0 Å². The number of aliphatic hydroxyl groups excluding tert-OH is 2. The maximum Gasteiger partial charge on any atom is 0.172 e. The van der Waals surface area contributed by atoms with Gasteiger partial charge in [-0.15, -0.1) is 0 Å². The zero-order chi connectivity index (χ0) is 52.6. The van der Waals surface area contributed by atoms with E-state index in [1.54, 1.807) is 35.4 Å². The zero-order valence-electron chi connectivity index (χ0n) is 46.0. The van der Waals surface area contributed by atoms with Gasteiger partial charge in [-0.05, 0) is 98.3 Å². The lowest BCUT2D eigenvalue weighted by atomic mass is 9.52. The summed E-state index contributed by atoms with van der Waals surface area (Å²) in [6, 6.07) is 0. The Morgan fingerprint density at radius 2 is 0.973 bits per heavy atom. The Balaban J connectivity index is 0.681. The second kappa shape index (κ2) is 22.5. The first-order valence-corrected chi connectivity index (χ1v) is 28.2. The fourth-order valence-electron chi connectivity index (χ4n) is 15.8. The molecule has 0 unspecified atom stereocenters. The predicted octanol–water partition coefficient (Wildman–Crippen LogP) is 5.47. The van der Waals surface area contributed by atoms with Crippen molar-refractivity contribution in [3.8, 4) is 0 Å². The summed E-state index contributed by atoms with van der Waals surface area (Å²) < 4.78 is 102. The third-order valence-electron chi connectivity index (χ3n) is 20.1. The zero-order valence-corrected chi connectivity index (χ0v) is 46.0. The second-order valence-electron chi connectivity index (χ2n) is 24.2. The molecule has 0 aromatic heterocycles. The first-order chi connectivity index (χ1) is 35.3. The maximum absolute atomic E-state index is 13.4. The van der Waals surface area contributed by atoms with E-state index in [1.807, 2.05) is 27.7 Å². The SMILES string of the molecule is CO[C@H]1C[C@H](O[C@H]2CC[C@@]3(C)[C@@H](CC[C@@]45O[C@@H](C)[C@@H]6CCC(=O)[C@]6(C)[C@@H](C[C@@H]43)O5)C2)O[C@H](C)[C@H]1O[C@H]1C[C@H](O)[C@H](O[C@H]2C[C@@H](OC)[C@H](O[C@H]3C[C@@H](OC)[C@H](O[C@H]4C[C@@H](OC)[C@H](O)[C@@H](C)O4)[C@@H](C)O3)[C@@H](C)O2)[C@@H](C)O1. The summed E-state index contributed by atoms with van der Waals surface area (Å²) in [5.74, 6) is 0.639. The van der Waals surface area contributed by atoms with Crippen LogP contribution in [-0.2, 0) is 80.6 Å². The van der Waals surface area contributed by atoms with Gasteiger partial charge in [0.05, 0.1) is 84.8 Å². The highest BCUT2D eigenvalue weighted by atomic mass is 16.8. The summed E-state index contributed by atoms with van der Waals surface area (Å²) in [5, 5.41) is 22.0. The molecule has 29 atom stereocenters. The van der Waals surface area contributed by atoms with Crippen LogP contribution < -0.4 is 0 Å². The van der Waals surface area contributed by atoms with E-state index < -0.39 is 116 Å². The van der Waals surface area contributed by atoms with E-state index in [9.17, 15) is 15.0 Å². The number of aliphatic hydroxyl groups is 2. The second-order valence-corrected chi connectivity index (χ2v) is 24.2. The molecule has 0 radical (unpaired) electrons. The smallest absolute Gasteiger partial charge is 0.172 e. The highest BCUT2D eigenvalue weighted by Crippen LogP contribution is 2.67. The molecule has 7 saturated heterocycles. The topological polar surface area (TPSA) is 205 Å². The standard InChI is InChI=1S/C55H90O19/c1-26-34-13-14-41(57)54(34,8)42-25-40-53(7)17-16-33(19-32(53)15-18-55(40,73-26)74-42)68-44-22-37(60-10)50(29(4)65-44)70-43-20-35(56)49(28(3)64-43)69-46-23-38(61-11)52(30(5)66-46)72-47-24-39(62-12)51(31(6)67-47)71-45-21-36(59-9)48(58)27(2)63-45/h26-40,42-52,56,58H,13-25H2,1-12H3/t26-,27+,28+,29+,30+,31+,32-,33-,34-,35-,36+,37-,38+,39+,40+,42+,43-,44-,45-,46-,47-,48+,49+,50+,51+,52+,53-,54+,55-/m0/s1. The van der Waals surface area contributed by atoms with E-state index in [0.29, 0.717) is 43.8 Å². The third-order valence-corrected chi connectivity index (χ3v) is 20.1. The van der Waals surface area contributed by atoms with Crippen LogP contribution >= 0.6 is 0 Å². The number of carbonyl (C=O) groups is 1. The van der Waals surface area contributed by atoms with Gasteiger partial charge in [-0.3, -0.25) is 4.79 Å². The lowest BCUT2D eigenvalue weighted by Crippen LogP contribution is -2.58. The molecule has 3 aliphatic carbocycles. The van der Waals surface area contributed by atoms with Gasteiger partial charge < -0.3 is 86.0 Å². The highest BCUT2D eigenvalue weighted by Gasteiger charge is 2.70. The maximum atomic E-state index is 13.4. The van der Waals surface area contributed by atoms with Gasteiger partial charge >= 0.3 is 0 Å². The number of carbonyl (C=O) groups excluding carboxylic acids is 1. The first kappa shape index (κ1) is 56.2. The van der Waals surface area contributed by atoms with Crippen molar-refractivity contribution >= 4 is 5.78 Å². The van der Waals surface area contributed by atoms with Crippen molar-refractivity contribution in [1.29, 1.82) is 0 Å². The molecule has 10 rings (SSSR count). The number of methoxy groups -OCH3 is 4. The first-order valence-electron chi connectivity index (χ1n) is 28.2. The van der Waals surface area contributed by atoms with Gasteiger partial charge in [-0.1, -0.05) is 6.92 Å². The van der Waals surface area contributed by atoms with E-state index in [0.717, 1.165) is 44.9 Å². The molecule has 19 heteroatoms. The van der Waals surface area contributed by atoms with Crippen LogP contribution in [0.5, 0.6) is 0 Å². The van der Waals surface area contributed by atoms with Gasteiger partial charge in [0, 0.05) is 85.2 Å². The average molecular weight is 1060 g/mol. The van der Waals surface area contributed by atoms with Crippen molar-refractivity contribution in [1.82, 2.24) is 0 Å². The Morgan fingerprint density at radius 3 is 1.50 bits per heavy atom. The molecule has 3 saturated carbocycles. The van der Waals surface area contributed by atoms with Crippen molar-refractivity contribution in [3.05, 3.63) is 0 Å². The van der Waals surface area contributed by atoms with E-state index in [-0.39, 0.29) is 60.3 Å². The number of Topliss-reactive ketones (excluding diaryl/α,β-unsaturated/α-hetero) is 1. The fourth-order valence-corrected chi connectivity index (χ4v) is 15.8. The van der Waals surface area contributed by atoms with Gasteiger partial charge in [0.25, 0.3) is 0 Å². The number of fused-ring (bicyclic) bond motifs is 5. The summed E-state index contributed by atoms with van der Waals surface area (Å²) >= 11 is 0. The fraction of sp³-hybridized carbons (Fsp3) is 0.982. The lowest BCUT2D eigenvalue weighted by Gasteiger charge is -2.57. The number of ketones is 1. The van der Waals surface area contributed by atoms with Crippen LogP contribution in [0, 0.1) is 28.6 Å². The highest BCUT2D eigenvalue weighted by molar-refractivity contribution is 5.88. The van der Waals surface area contributed by atoms with E-state index in [4.69, 9.17) is 75.8 Å². The average Bonchev–Trinajstić information content (AvgIpc) is 3.91. The van der Waals surface area contributed by atoms with E-state index in [2.05, 4.69) is 20.8 Å². The molecule has 7 aliphatic heterocycles. The van der Waals surface area contributed by atoms with Crippen molar-refractivity contribution in [2.45, 2.75) is 286 Å². The Morgan fingerprint density at radius 1 is 0.500 bits per heavy atom. The Kier molecular flexibility index (Phi) is 17.1. The van der Waals surface area contributed by atoms with Crippen LogP contribution in [0.15, 0.2) is 0 Å². The molecule has 2 bridgehead atoms. The lowest BCUT2D eigenvalue weighted by molar-refractivity contribution is -0.351. The molecular formula is C55H90O19. The summed E-state index contributed by atoms with van der Waals surface area (Å²) in [7, 11) is 6.53. The summed E-state index contributed by atoms with van der Waals surface area (Å²) in [4.78, 5) is 13.4. The molecule has 0 aromatic carbocycles. The van der Waals surface area contributed by atoms with Gasteiger partial charge in [0.1, 0.15) is 36.3 Å². The number of rotatable bonds is 14. The minimum absolute atomic E-state index is 0.00484. The third kappa shape index (κ3) is 10.5. The molecule has 7 heterocycles. The van der Waals surface area contributed by atoms with Crippen molar-refractivity contribution < 1.29 is 90.8 Å². The molecule has 2 N–H and O–H groups in total. The minimum atomic E-state index is -0.910. The van der Waals surface area contributed by atoms with E-state index >= 15 is 0 Å². The van der Waals surface area contributed by atoms with Gasteiger partial charge in [-0.25, -0.2) is 0 Å². The Hall–Kier alpha value is -1.05. The Bertz CT molecular complexity index is 1890. The number of hydrogen-bond acceptors (Lipinski definition) is 19. The molecule has 1 spiro atoms. The molecule has 424 valence electrons. The van der Waals surface area contributed by atoms with Crippen LogP contribution in [0.25, 0.3) is 0 Å². The van der Waals surface area contributed by atoms with Crippen molar-refractivity contribution in [3.63, 3.8) is 0 Å². The van der Waals surface area contributed by atoms with Crippen molar-refractivity contribution in [2.24, 2.45) is 28.6 Å². The van der Waals surface area contributed by atoms with Crippen LogP contribution in [0.4, 0.5) is 0 Å². The van der Waals surface area contributed by atoms with Gasteiger partial charge in [-0.2, -0.15) is 0 Å². The number of ether oxygens (including phenoxy) is 16. The minimum Gasteiger partial charge on any atom is -0.390 e. The molecule has 0 aromatic rings. The van der Waals surface area contributed by atoms with Crippen LogP contribution in [0.2, 0.25) is 0 Å². The summed E-state index contributed by atoms with van der Waals surface area (Å²) in [6.07, 6.45) is -1.78. The van der Waals surface area contributed by atoms with Crippen LogP contribution in [-0.4, -0.2) is 192 Å². The van der Waals surface area contributed by atoms with Gasteiger partial charge in [0.2, 0.25) is 0 Å². The van der Waals surface area contributed by atoms with E-state index in [1.165, 1.54) is 0 Å². The normalized spacial score (nSPS) is 54.8. The molecule has 74 heavy (non-hydrogen) atoms. The summed E-state index contributed by atoms with van der Waals surface area (Å²) in [6.45, 7) is 16.2.